The molecule has 0 spiro atoms. The number of nitrogens with zero attached hydrogens (tertiary/aromatic N) is 1. The molecular formula is C37H53N. The maximum atomic E-state index is 4.18. The van der Waals surface area contributed by atoms with E-state index in [0.717, 1.165) is 12.8 Å². The predicted molar refractivity (Wildman–Crippen MR) is 171 cm³/mol. The molecule has 38 heavy (non-hydrogen) atoms. The Kier molecular flexibility index (Phi) is 12.9. The average molecular weight is 512 g/mol. The minimum atomic E-state index is 0.417. The van der Waals surface area contributed by atoms with Crippen LogP contribution in [0.15, 0.2) is 90.6 Å². The van der Waals surface area contributed by atoms with Gasteiger partial charge in [0.05, 0.1) is 0 Å². The minimum Gasteiger partial charge on any atom is -0.371 e. The molecule has 2 aliphatic carbocycles. The van der Waals surface area contributed by atoms with Crippen molar-refractivity contribution in [3.8, 4) is 0 Å². The first-order chi connectivity index (χ1) is 18.4. The van der Waals surface area contributed by atoms with Gasteiger partial charge in [-0.15, -0.1) is 0 Å². The van der Waals surface area contributed by atoms with Crippen LogP contribution in [0.3, 0.4) is 0 Å². The number of aryl methyl sites for hydroxylation is 2. The van der Waals surface area contributed by atoms with Gasteiger partial charge < -0.3 is 4.90 Å². The highest BCUT2D eigenvalue weighted by Crippen LogP contribution is 2.50. The first kappa shape index (κ1) is 31.4. The fourth-order valence-corrected chi connectivity index (χ4v) is 5.58. The fraction of sp³-hybridized carbons (Fsp3) is 0.459. The second-order valence-electron chi connectivity index (χ2n) is 10.5. The Bertz CT molecular complexity index is 1090. The van der Waals surface area contributed by atoms with E-state index in [2.05, 4.69) is 99.5 Å². The van der Waals surface area contributed by atoms with E-state index < -0.39 is 0 Å². The van der Waals surface area contributed by atoms with Crippen LogP contribution in [-0.2, 0) is 12.8 Å². The summed E-state index contributed by atoms with van der Waals surface area (Å²) in [5, 5.41) is 0. The molecule has 0 radical (unpaired) electrons. The van der Waals surface area contributed by atoms with Crippen LogP contribution < -0.4 is 0 Å². The van der Waals surface area contributed by atoms with Gasteiger partial charge in [0.2, 0.25) is 0 Å². The molecule has 0 amide bonds. The smallest absolute Gasteiger partial charge is 0.0369 e. The molecule has 1 saturated heterocycles. The van der Waals surface area contributed by atoms with Gasteiger partial charge in [0, 0.05) is 24.4 Å². The average Bonchev–Trinajstić information content (AvgIpc) is 3.31. The molecule has 1 heteroatoms. The van der Waals surface area contributed by atoms with Crippen molar-refractivity contribution in [2.45, 2.75) is 93.4 Å². The van der Waals surface area contributed by atoms with Crippen LogP contribution in [0.2, 0.25) is 0 Å². The molecular weight excluding hydrogens is 458 g/mol. The van der Waals surface area contributed by atoms with Crippen molar-refractivity contribution in [1.29, 1.82) is 0 Å². The highest BCUT2D eigenvalue weighted by atomic mass is 15.2. The Morgan fingerprint density at radius 1 is 0.974 bits per heavy atom. The Hall–Kier alpha value is -2.80. The third kappa shape index (κ3) is 7.85. The zero-order valence-electron chi connectivity index (χ0n) is 25.5. The standard InChI is InChI=1S/C20H24.C13H17N.2C2H6/c1-4-17-14-20(3)11-5-6-19(20)13-18(17)12-16-9-7-15(2)8-10-16;1-3-12-7-4-5-8-13(12)11(2)14-9-6-10-14;2*1-2/h4,7-10,13H,1,5-6,11-12,14H2,2-3H3;4-5,7-8H,2-3,6,9-10H2,1H3;2*1-2H3. The topological polar surface area (TPSA) is 3.24 Å². The molecule has 1 atom stereocenters. The van der Waals surface area contributed by atoms with Gasteiger partial charge in [-0.1, -0.05) is 127 Å². The number of hydrogen-bond donors (Lipinski definition) is 0. The normalized spacial score (nSPS) is 19.2. The van der Waals surface area contributed by atoms with Gasteiger partial charge in [-0.25, -0.2) is 0 Å². The van der Waals surface area contributed by atoms with Crippen molar-refractivity contribution in [2.24, 2.45) is 5.41 Å². The van der Waals surface area contributed by atoms with Crippen molar-refractivity contribution < 1.29 is 0 Å². The van der Waals surface area contributed by atoms with Crippen molar-refractivity contribution in [2.75, 3.05) is 13.1 Å². The van der Waals surface area contributed by atoms with E-state index in [-0.39, 0.29) is 0 Å². The molecule has 2 fully saturated rings. The van der Waals surface area contributed by atoms with Gasteiger partial charge in [0.1, 0.15) is 0 Å². The lowest BCUT2D eigenvalue weighted by Gasteiger charge is -2.35. The SMILES string of the molecule is C=C(c1ccccc1CC)N1CCC1.C=CC1=C(Cc2ccc(C)cc2)C=C2CCCC2(C)C1.CC.CC. The highest BCUT2D eigenvalue weighted by Gasteiger charge is 2.36. The van der Waals surface area contributed by atoms with Crippen molar-refractivity contribution in [1.82, 2.24) is 4.90 Å². The number of hydrogen-bond acceptors (Lipinski definition) is 1. The number of benzene rings is 2. The van der Waals surface area contributed by atoms with E-state index >= 15 is 0 Å². The molecule has 0 bridgehead atoms. The van der Waals surface area contributed by atoms with E-state index in [1.807, 2.05) is 27.7 Å². The first-order valence-electron chi connectivity index (χ1n) is 15.1. The Morgan fingerprint density at radius 3 is 2.21 bits per heavy atom. The predicted octanol–water partition coefficient (Wildman–Crippen LogP) is 10.5. The third-order valence-electron chi connectivity index (χ3n) is 8.00. The molecule has 1 unspecified atom stereocenters. The molecule has 0 N–H and O–H groups in total. The molecule has 1 heterocycles. The monoisotopic (exact) mass is 511 g/mol. The summed E-state index contributed by atoms with van der Waals surface area (Å²) in [6, 6.07) is 17.5. The van der Waals surface area contributed by atoms with Crippen molar-refractivity contribution >= 4 is 5.70 Å². The molecule has 1 nitrogen and oxygen atoms in total. The van der Waals surface area contributed by atoms with Crippen LogP contribution in [0.25, 0.3) is 5.70 Å². The van der Waals surface area contributed by atoms with Crippen LogP contribution in [0.1, 0.15) is 95.9 Å². The fourth-order valence-electron chi connectivity index (χ4n) is 5.58. The molecule has 5 rings (SSSR count). The molecule has 206 valence electrons. The minimum absolute atomic E-state index is 0.417. The molecule has 1 saturated carbocycles. The van der Waals surface area contributed by atoms with Gasteiger partial charge in [-0.05, 0) is 79.6 Å². The van der Waals surface area contributed by atoms with Gasteiger partial charge in [-0.3, -0.25) is 0 Å². The number of rotatable bonds is 6. The van der Waals surface area contributed by atoms with E-state index in [0.29, 0.717) is 5.41 Å². The summed E-state index contributed by atoms with van der Waals surface area (Å²) in [5.74, 6) is 0. The summed E-state index contributed by atoms with van der Waals surface area (Å²) in [6.45, 7) is 25.4. The number of fused-ring (bicyclic) bond motifs is 1. The zero-order chi connectivity index (χ0) is 28.1. The lowest BCUT2D eigenvalue weighted by molar-refractivity contribution is 0.282. The molecule has 3 aliphatic rings. The molecule has 2 aromatic rings. The summed E-state index contributed by atoms with van der Waals surface area (Å²) >= 11 is 0. The Labute approximate surface area is 235 Å². The molecule has 2 aromatic carbocycles. The quantitative estimate of drug-likeness (QED) is 0.373. The number of allylic oxidation sites excluding steroid dienone is 5. The summed E-state index contributed by atoms with van der Waals surface area (Å²) < 4.78 is 0. The van der Waals surface area contributed by atoms with Gasteiger partial charge in [0.25, 0.3) is 0 Å². The highest BCUT2D eigenvalue weighted by molar-refractivity contribution is 5.65. The van der Waals surface area contributed by atoms with Gasteiger partial charge >= 0.3 is 0 Å². The largest absolute Gasteiger partial charge is 0.371 e. The summed E-state index contributed by atoms with van der Waals surface area (Å²) in [7, 11) is 0. The van der Waals surface area contributed by atoms with Crippen molar-refractivity contribution in [3.05, 3.63) is 113 Å². The van der Waals surface area contributed by atoms with E-state index in [1.165, 1.54) is 84.3 Å². The molecule has 0 aromatic heterocycles. The summed E-state index contributed by atoms with van der Waals surface area (Å²) in [4.78, 5) is 2.36. The van der Waals surface area contributed by atoms with E-state index in [9.17, 15) is 0 Å². The van der Waals surface area contributed by atoms with E-state index in [1.54, 1.807) is 5.57 Å². The van der Waals surface area contributed by atoms with Crippen LogP contribution in [0.5, 0.6) is 0 Å². The number of likely N-dealkylation sites (tertiary alicyclic amines) is 1. The van der Waals surface area contributed by atoms with Crippen LogP contribution >= 0.6 is 0 Å². The Morgan fingerprint density at radius 2 is 1.63 bits per heavy atom. The maximum Gasteiger partial charge on any atom is 0.0369 e. The lowest BCUT2D eigenvalue weighted by Crippen LogP contribution is -2.35. The van der Waals surface area contributed by atoms with Crippen molar-refractivity contribution in [3.63, 3.8) is 0 Å². The zero-order valence-corrected chi connectivity index (χ0v) is 25.5. The second-order valence-corrected chi connectivity index (χ2v) is 10.5. The third-order valence-corrected chi connectivity index (χ3v) is 8.00. The summed E-state index contributed by atoms with van der Waals surface area (Å²) in [6.07, 6.45) is 13.2. The van der Waals surface area contributed by atoms with Crippen LogP contribution in [-0.4, -0.2) is 18.0 Å². The first-order valence-corrected chi connectivity index (χ1v) is 15.1. The van der Waals surface area contributed by atoms with E-state index in [4.69, 9.17) is 0 Å². The van der Waals surface area contributed by atoms with Crippen LogP contribution in [0, 0.1) is 12.3 Å². The van der Waals surface area contributed by atoms with Gasteiger partial charge in [0.15, 0.2) is 0 Å². The lowest BCUT2D eigenvalue weighted by atomic mass is 9.73. The van der Waals surface area contributed by atoms with Gasteiger partial charge in [-0.2, -0.15) is 0 Å². The Balaban J connectivity index is 0.000000247. The maximum absolute atomic E-state index is 4.18. The summed E-state index contributed by atoms with van der Waals surface area (Å²) in [5.41, 5.74) is 11.7. The molecule has 1 aliphatic heterocycles. The second kappa shape index (κ2) is 15.6. The van der Waals surface area contributed by atoms with Crippen LogP contribution in [0.4, 0.5) is 0 Å².